The lowest BCUT2D eigenvalue weighted by Gasteiger charge is -2.35. The minimum Gasteiger partial charge on any atom is -0.369 e. The van der Waals surface area contributed by atoms with Crippen LogP contribution in [0.1, 0.15) is 31.2 Å². The van der Waals surface area contributed by atoms with Crippen LogP contribution in [0.4, 0.5) is 11.4 Å². The third-order valence-electron chi connectivity index (χ3n) is 6.35. The van der Waals surface area contributed by atoms with E-state index in [1.807, 2.05) is 24.3 Å². The number of amides is 1. The van der Waals surface area contributed by atoms with E-state index in [9.17, 15) is 13.2 Å². The number of carbonyl (C=O) groups excluding carboxylic acids is 1. The number of allylic oxidation sites excluding steroid dienone is 1. The number of nitrogens with one attached hydrogen (secondary N) is 1. The number of rotatable bonds is 3. The van der Waals surface area contributed by atoms with Gasteiger partial charge in [0.05, 0.1) is 4.90 Å². The van der Waals surface area contributed by atoms with Crippen molar-refractivity contribution >= 4 is 44.5 Å². The molecule has 2 aromatic rings. The third-order valence-corrected chi connectivity index (χ3v) is 8.48. The molecular formula is C23H24ClN3O3S. The maximum atomic E-state index is 13.4. The zero-order valence-electron chi connectivity index (χ0n) is 17.1. The van der Waals surface area contributed by atoms with Crippen LogP contribution in [0, 0.1) is 0 Å². The molecule has 1 amide bonds. The van der Waals surface area contributed by atoms with Crippen LogP contribution in [0.2, 0.25) is 5.02 Å². The van der Waals surface area contributed by atoms with E-state index in [4.69, 9.17) is 11.6 Å². The van der Waals surface area contributed by atoms with E-state index >= 15 is 0 Å². The van der Waals surface area contributed by atoms with E-state index in [0.29, 0.717) is 42.5 Å². The van der Waals surface area contributed by atoms with Crippen molar-refractivity contribution in [3.05, 3.63) is 58.6 Å². The number of nitrogens with zero attached hydrogens (tertiary/aromatic N) is 2. The van der Waals surface area contributed by atoms with Gasteiger partial charge in [0, 0.05) is 53.7 Å². The summed E-state index contributed by atoms with van der Waals surface area (Å²) in [5, 5.41) is 3.56. The van der Waals surface area contributed by atoms with Crippen LogP contribution in [0.5, 0.6) is 0 Å². The molecule has 6 nitrogen and oxygen atoms in total. The molecule has 0 bridgehead atoms. The summed E-state index contributed by atoms with van der Waals surface area (Å²) < 4.78 is 28.2. The van der Waals surface area contributed by atoms with Crippen LogP contribution in [0.15, 0.2) is 52.9 Å². The van der Waals surface area contributed by atoms with Gasteiger partial charge in [-0.05, 0) is 62.1 Å². The van der Waals surface area contributed by atoms with Gasteiger partial charge in [0.15, 0.2) is 0 Å². The highest BCUT2D eigenvalue weighted by Gasteiger charge is 2.33. The van der Waals surface area contributed by atoms with Crippen molar-refractivity contribution in [2.24, 2.45) is 0 Å². The van der Waals surface area contributed by atoms with Gasteiger partial charge in [-0.2, -0.15) is 4.31 Å². The molecule has 2 aliphatic heterocycles. The van der Waals surface area contributed by atoms with Crippen LogP contribution in [0.3, 0.4) is 0 Å². The van der Waals surface area contributed by atoms with E-state index in [-0.39, 0.29) is 10.8 Å². The average Bonchev–Trinajstić information content (AvgIpc) is 3.40. The molecule has 2 aromatic carbocycles. The number of carbonyl (C=O) groups is 1. The summed E-state index contributed by atoms with van der Waals surface area (Å²) in [5.41, 5.74) is 4.24. The quantitative estimate of drug-likeness (QED) is 0.703. The number of hydrogen-bond acceptors (Lipinski definition) is 4. The molecule has 2 heterocycles. The molecule has 162 valence electrons. The van der Waals surface area contributed by atoms with Gasteiger partial charge in [0.1, 0.15) is 0 Å². The highest BCUT2D eigenvalue weighted by atomic mass is 35.5. The number of sulfonamides is 1. The summed E-state index contributed by atoms with van der Waals surface area (Å²) in [6.07, 6.45) is 3.97. The second-order valence-electron chi connectivity index (χ2n) is 8.22. The Morgan fingerprint density at radius 2 is 1.68 bits per heavy atom. The fourth-order valence-electron chi connectivity index (χ4n) is 4.72. The SMILES string of the molecule is O=C1Nc2ccc(S(=O)(=O)N3CCN(c4cccc(Cl)c4)CC3)cc2C1=C1CCCC1. The molecule has 5 rings (SSSR count). The first-order valence-corrected chi connectivity index (χ1v) is 12.4. The van der Waals surface area contributed by atoms with Gasteiger partial charge >= 0.3 is 0 Å². The van der Waals surface area contributed by atoms with Gasteiger partial charge < -0.3 is 10.2 Å². The fourth-order valence-corrected chi connectivity index (χ4v) is 6.35. The Kier molecular flexibility index (Phi) is 5.28. The number of anilines is 2. The van der Waals surface area contributed by atoms with Crippen LogP contribution in [-0.4, -0.2) is 44.8 Å². The van der Waals surface area contributed by atoms with Crippen molar-refractivity contribution < 1.29 is 13.2 Å². The Hall–Kier alpha value is -2.35. The molecule has 2 fully saturated rings. The van der Waals surface area contributed by atoms with E-state index in [0.717, 1.165) is 42.5 Å². The molecule has 3 aliphatic rings. The van der Waals surface area contributed by atoms with E-state index in [2.05, 4.69) is 10.2 Å². The molecule has 1 saturated carbocycles. The summed E-state index contributed by atoms with van der Waals surface area (Å²) in [7, 11) is -3.64. The zero-order valence-corrected chi connectivity index (χ0v) is 18.7. The summed E-state index contributed by atoms with van der Waals surface area (Å²) in [6, 6.07) is 12.6. The van der Waals surface area contributed by atoms with Gasteiger partial charge in [-0.25, -0.2) is 8.42 Å². The van der Waals surface area contributed by atoms with Crippen molar-refractivity contribution in [3.63, 3.8) is 0 Å². The second-order valence-corrected chi connectivity index (χ2v) is 10.6. The van der Waals surface area contributed by atoms with Gasteiger partial charge in [-0.15, -0.1) is 0 Å². The number of fused-ring (bicyclic) bond motifs is 1. The van der Waals surface area contributed by atoms with Gasteiger partial charge in [-0.3, -0.25) is 4.79 Å². The summed E-state index contributed by atoms with van der Waals surface area (Å²) >= 11 is 6.10. The highest BCUT2D eigenvalue weighted by molar-refractivity contribution is 7.89. The average molecular weight is 458 g/mol. The van der Waals surface area contributed by atoms with Crippen molar-refractivity contribution in [1.29, 1.82) is 0 Å². The van der Waals surface area contributed by atoms with Crippen molar-refractivity contribution in [2.45, 2.75) is 30.6 Å². The lowest BCUT2D eigenvalue weighted by atomic mass is 10.00. The Morgan fingerprint density at radius 3 is 2.39 bits per heavy atom. The van der Waals surface area contributed by atoms with Crippen molar-refractivity contribution in [2.75, 3.05) is 36.4 Å². The van der Waals surface area contributed by atoms with E-state index in [1.165, 1.54) is 4.31 Å². The Balaban J connectivity index is 1.39. The molecule has 8 heteroatoms. The molecule has 1 aliphatic carbocycles. The van der Waals surface area contributed by atoms with Gasteiger partial charge in [-0.1, -0.05) is 23.2 Å². The van der Waals surface area contributed by atoms with E-state index in [1.54, 1.807) is 18.2 Å². The molecule has 31 heavy (non-hydrogen) atoms. The predicted molar refractivity (Wildman–Crippen MR) is 123 cm³/mol. The van der Waals surface area contributed by atoms with Crippen LogP contribution in [-0.2, 0) is 14.8 Å². The maximum absolute atomic E-state index is 13.4. The molecule has 0 atom stereocenters. The Morgan fingerprint density at radius 1 is 0.935 bits per heavy atom. The molecule has 1 saturated heterocycles. The maximum Gasteiger partial charge on any atom is 0.256 e. The number of hydrogen-bond donors (Lipinski definition) is 1. The van der Waals surface area contributed by atoms with Crippen molar-refractivity contribution in [3.8, 4) is 0 Å². The number of benzene rings is 2. The minimum atomic E-state index is -3.64. The first-order valence-electron chi connectivity index (χ1n) is 10.6. The molecule has 0 radical (unpaired) electrons. The minimum absolute atomic E-state index is 0.114. The zero-order chi connectivity index (χ0) is 21.6. The predicted octanol–water partition coefficient (Wildman–Crippen LogP) is 4.13. The molecular weight excluding hydrogens is 434 g/mol. The summed E-state index contributed by atoms with van der Waals surface area (Å²) in [6.45, 7) is 1.99. The Bertz CT molecular complexity index is 1180. The molecule has 0 spiro atoms. The first kappa shape index (κ1) is 20.5. The van der Waals surface area contributed by atoms with Crippen LogP contribution < -0.4 is 10.2 Å². The van der Waals surface area contributed by atoms with Crippen LogP contribution in [0.25, 0.3) is 5.57 Å². The normalized spacial score (nSPS) is 19.6. The standard InChI is InChI=1S/C23H24ClN3O3S/c24-17-6-3-7-18(14-17)26-10-12-27(13-11-26)31(29,30)19-8-9-21-20(15-19)22(23(28)25-21)16-4-1-2-5-16/h3,6-9,14-15H,1-2,4-5,10-13H2,(H,25,28). The topological polar surface area (TPSA) is 69.7 Å². The smallest absolute Gasteiger partial charge is 0.256 e. The van der Waals surface area contributed by atoms with E-state index < -0.39 is 10.0 Å². The monoisotopic (exact) mass is 457 g/mol. The second kappa shape index (κ2) is 7.97. The van der Waals surface area contributed by atoms with Crippen LogP contribution >= 0.6 is 11.6 Å². The molecule has 0 aromatic heterocycles. The third kappa shape index (κ3) is 3.75. The Labute approximate surface area is 187 Å². The van der Waals surface area contributed by atoms with Gasteiger partial charge in [0.2, 0.25) is 10.0 Å². The van der Waals surface area contributed by atoms with Crippen molar-refractivity contribution in [1.82, 2.24) is 4.31 Å². The van der Waals surface area contributed by atoms with Gasteiger partial charge in [0.25, 0.3) is 5.91 Å². The lowest BCUT2D eigenvalue weighted by molar-refractivity contribution is -0.110. The fraction of sp³-hybridized carbons (Fsp3) is 0.348. The first-order chi connectivity index (χ1) is 14.9. The highest BCUT2D eigenvalue weighted by Crippen LogP contribution is 2.40. The summed E-state index contributed by atoms with van der Waals surface area (Å²) in [5.74, 6) is -0.114. The molecule has 1 N–H and O–H groups in total. The largest absolute Gasteiger partial charge is 0.369 e. The lowest BCUT2D eigenvalue weighted by Crippen LogP contribution is -2.48. The number of halogens is 1. The summed E-state index contributed by atoms with van der Waals surface area (Å²) in [4.78, 5) is 14.9. The number of piperazine rings is 1. The molecule has 0 unspecified atom stereocenters.